The van der Waals surface area contributed by atoms with E-state index in [-0.39, 0.29) is 11.8 Å². The van der Waals surface area contributed by atoms with Crippen LogP contribution >= 0.6 is 0 Å². The lowest BCUT2D eigenvalue weighted by molar-refractivity contribution is 0.0988. The molecule has 6 heteroatoms. The van der Waals surface area contributed by atoms with Crippen LogP contribution in [0.1, 0.15) is 33.2 Å². The molecule has 0 aromatic heterocycles. The lowest BCUT2D eigenvalue weighted by Gasteiger charge is -2.17. The zero-order chi connectivity index (χ0) is 21.8. The molecule has 3 aromatic rings. The Labute approximate surface area is 181 Å². The molecule has 0 saturated heterocycles. The Hall–Kier alpha value is -3.80. The second-order valence-electron chi connectivity index (χ2n) is 7.17. The van der Waals surface area contributed by atoms with Gasteiger partial charge in [-0.2, -0.15) is 0 Å². The smallest absolute Gasteiger partial charge is 0.258 e. The van der Waals surface area contributed by atoms with Crippen molar-refractivity contribution in [1.29, 1.82) is 0 Å². The molecule has 3 aromatic carbocycles. The van der Waals surface area contributed by atoms with E-state index in [2.05, 4.69) is 11.4 Å². The number of para-hydroxylation sites is 1. The third-order valence-corrected chi connectivity index (χ3v) is 5.25. The van der Waals surface area contributed by atoms with Crippen molar-refractivity contribution in [3.8, 4) is 11.5 Å². The van der Waals surface area contributed by atoms with Crippen molar-refractivity contribution in [2.75, 3.05) is 30.5 Å². The number of benzene rings is 3. The van der Waals surface area contributed by atoms with E-state index in [0.29, 0.717) is 41.5 Å². The number of hydrogen-bond acceptors (Lipinski definition) is 4. The van der Waals surface area contributed by atoms with Gasteiger partial charge >= 0.3 is 0 Å². The number of ether oxygens (including phenoxy) is 2. The van der Waals surface area contributed by atoms with Gasteiger partial charge in [0.1, 0.15) is 0 Å². The molecule has 0 aliphatic carbocycles. The monoisotopic (exact) mass is 416 g/mol. The van der Waals surface area contributed by atoms with Gasteiger partial charge in [0.15, 0.2) is 11.5 Å². The zero-order valence-electron chi connectivity index (χ0n) is 17.6. The molecule has 0 atom stereocenters. The number of carbonyl (C=O) groups excluding carboxylic acids is 2. The van der Waals surface area contributed by atoms with Gasteiger partial charge in [-0.1, -0.05) is 18.2 Å². The first-order valence-electron chi connectivity index (χ1n) is 10.2. The van der Waals surface area contributed by atoms with Crippen molar-refractivity contribution in [2.24, 2.45) is 0 Å². The molecule has 158 valence electrons. The Balaban J connectivity index is 1.45. The average Bonchev–Trinajstić information content (AvgIpc) is 3.23. The Morgan fingerprint density at radius 1 is 0.968 bits per heavy atom. The minimum Gasteiger partial charge on any atom is -0.493 e. The number of nitrogens with one attached hydrogen (secondary N) is 1. The number of anilines is 2. The summed E-state index contributed by atoms with van der Waals surface area (Å²) in [5.41, 5.74) is 3.79. The first-order chi connectivity index (χ1) is 15.1. The zero-order valence-corrected chi connectivity index (χ0v) is 17.6. The molecule has 4 rings (SSSR count). The predicted octanol–water partition coefficient (Wildman–Crippen LogP) is 4.55. The molecular formula is C25H24N2O4. The number of hydrogen-bond donors (Lipinski definition) is 1. The number of carbonyl (C=O) groups is 2. The van der Waals surface area contributed by atoms with Crippen molar-refractivity contribution in [3.05, 3.63) is 83.4 Å². The van der Waals surface area contributed by atoms with Crippen LogP contribution in [0.15, 0.2) is 66.7 Å². The third-order valence-electron chi connectivity index (χ3n) is 5.25. The third kappa shape index (κ3) is 4.23. The Kier molecular flexibility index (Phi) is 5.89. The summed E-state index contributed by atoms with van der Waals surface area (Å²) >= 11 is 0. The molecule has 1 heterocycles. The molecule has 1 N–H and O–H groups in total. The fourth-order valence-corrected chi connectivity index (χ4v) is 3.69. The summed E-state index contributed by atoms with van der Waals surface area (Å²) in [6.07, 6.45) is 0.863. The maximum atomic E-state index is 12.9. The first-order valence-corrected chi connectivity index (χ1v) is 10.2. The van der Waals surface area contributed by atoms with Crippen LogP contribution in [0.2, 0.25) is 0 Å². The van der Waals surface area contributed by atoms with E-state index in [1.807, 2.05) is 25.1 Å². The molecule has 0 saturated carbocycles. The Bertz CT molecular complexity index is 1110. The SMILES string of the molecule is CCOc1ccc(C(=O)Nc2ccc(C(=O)N3CCc4ccccc43)cc2)cc1OC. The highest BCUT2D eigenvalue weighted by Crippen LogP contribution is 2.30. The van der Waals surface area contributed by atoms with Crippen LogP contribution in [0.5, 0.6) is 11.5 Å². The molecule has 2 amide bonds. The van der Waals surface area contributed by atoms with Crippen molar-refractivity contribution in [2.45, 2.75) is 13.3 Å². The van der Waals surface area contributed by atoms with Crippen molar-refractivity contribution < 1.29 is 19.1 Å². The highest BCUT2D eigenvalue weighted by molar-refractivity contribution is 6.08. The van der Waals surface area contributed by atoms with Gasteiger partial charge in [0.25, 0.3) is 11.8 Å². The van der Waals surface area contributed by atoms with E-state index >= 15 is 0 Å². The van der Waals surface area contributed by atoms with Gasteiger partial charge in [-0.25, -0.2) is 0 Å². The van der Waals surface area contributed by atoms with E-state index in [0.717, 1.165) is 12.1 Å². The highest BCUT2D eigenvalue weighted by atomic mass is 16.5. The van der Waals surface area contributed by atoms with Gasteiger partial charge in [0, 0.05) is 29.0 Å². The van der Waals surface area contributed by atoms with Crippen LogP contribution in [0.25, 0.3) is 0 Å². The quantitative estimate of drug-likeness (QED) is 0.640. The standard InChI is InChI=1S/C25H24N2O4/c1-3-31-22-13-10-19(16-23(22)30-2)24(28)26-20-11-8-18(9-12-20)25(29)27-15-14-17-6-4-5-7-21(17)27/h4-13,16H,3,14-15H2,1-2H3,(H,26,28). The molecule has 1 aliphatic heterocycles. The van der Waals surface area contributed by atoms with E-state index < -0.39 is 0 Å². The number of rotatable bonds is 6. The summed E-state index contributed by atoms with van der Waals surface area (Å²) in [5.74, 6) is 0.780. The second-order valence-corrected chi connectivity index (χ2v) is 7.17. The summed E-state index contributed by atoms with van der Waals surface area (Å²) in [6.45, 7) is 3.07. The van der Waals surface area contributed by atoms with Crippen LogP contribution in [0, 0.1) is 0 Å². The summed E-state index contributed by atoms with van der Waals surface area (Å²) < 4.78 is 10.8. The van der Waals surface area contributed by atoms with Crippen LogP contribution in [0.4, 0.5) is 11.4 Å². The van der Waals surface area contributed by atoms with E-state index in [1.54, 1.807) is 47.4 Å². The van der Waals surface area contributed by atoms with Crippen molar-refractivity contribution in [3.63, 3.8) is 0 Å². The minimum atomic E-state index is -0.270. The van der Waals surface area contributed by atoms with Gasteiger partial charge in [-0.15, -0.1) is 0 Å². The first kappa shape index (κ1) is 20.5. The van der Waals surface area contributed by atoms with Gasteiger partial charge < -0.3 is 19.7 Å². The van der Waals surface area contributed by atoms with Crippen molar-refractivity contribution >= 4 is 23.2 Å². The highest BCUT2D eigenvalue weighted by Gasteiger charge is 2.25. The number of methoxy groups -OCH3 is 1. The van der Waals surface area contributed by atoms with Gasteiger partial charge in [0.05, 0.1) is 13.7 Å². The Morgan fingerprint density at radius 2 is 1.71 bits per heavy atom. The van der Waals surface area contributed by atoms with E-state index in [9.17, 15) is 9.59 Å². The fourth-order valence-electron chi connectivity index (χ4n) is 3.69. The molecule has 6 nitrogen and oxygen atoms in total. The minimum absolute atomic E-state index is 0.0425. The Morgan fingerprint density at radius 3 is 2.45 bits per heavy atom. The summed E-state index contributed by atoms with van der Waals surface area (Å²) in [4.78, 5) is 27.4. The number of fused-ring (bicyclic) bond motifs is 1. The molecular weight excluding hydrogens is 392 g/mol. The average molecular weight is 416 g/mol. The summed E-state index contributed by atoms with van der Waals surface area (Å²) in [7, 11) is 1.54. The topological polar surface area (TPSA) is 67.9 Å². The predicted molar refractivity (Wildman–Crippen MR) is 120 cm³/mol. The lowest BCUT2D eigenvalue weighted by atomic mass is 10.1. The fraction of sp³-hybridized carbons (Fsp3) is 0.200. The number of nitrogens with zero attached hydrogens (tertiary/aromatic N) is 1. The largest absolute Gasteiger partial charge is 0.493 e. The van der Waals surface area contributed by atoms with Crippen LogP contribution < -0.4 is 19.7 Å². The molecule has 0 spiro atoms. The van der Waals surface area contributed by atoms with Crippen LogP contribution in [-0.4, -0.2) is 32.1 Å². The van der Waals surface area contributed by atoms with Crippen molar-refractivity contribution in [1.82, 2.24) is 0 Å². The second kappa shape index (κ2) is 8.92. The molecule has 0 bridgehead atoms. The van der Waals surface area contributed by atoms with E-state index in [4.69, 9.17) is 9.47 Å². The molecule has 0 fully saturated rings. The van der Waals surface area contributed by atoms with Gasteiger partial charge in [-0.3, -0.25) is 9.59 Å². The number of amides is 2. The molecule has 0 radical (unpaired) electrons. The van der Waals surface area contributed by atoms with Crippen LogP contribution in [-0.2, 0) is 6.42 Å². The normalized spacial score (nSPS) is 12.3. The summed E-state index contributed by atoms with van der Waals surface area (Å²) in [5, 5.41) is 2.85. The van der Waals surface area contributed by atoms with Crippen LogP contribution in [0.3, 0.4) is 0 Å². The maximum absolute atomic E-state index is 12.9. The maximum Gasteiger partial charge on any atom is 0.258 e. The lowest BCUT2D eigenvalue weighted by Crippen LogP contribution is -2.28. The van der Waals surface area contributed by atoms with E-state index in [1.165, 1.54) is 12.7 Å². The molecule has 1 aliphatic rings. The van der Waals surface area contributed by atoms with Gasteiger partial charge in [-0.05, 0) is 67.4 Å². The summed E-state index contributed by atoms with van der Waals surface area (Å²) in [6, 6.07) is 19.9. The molecule has 0 unspecified atom stereocenters. The molecule has 31 heavy (non-hydrogen) atoms. The van der Waals surface area contributed by atoms with Gasteiger partial charge in [0.2, 0.25) is 0 Å².